The van der Waals surface area contributed by atoms with Crippen molar-refractivity contribution in [3.63, 3.8) is 0 Å². The Kier molecular flexibility index (Phi) is 7.37. The van der Waals surface area contributed by atoms with Gasteiger partial charge in [-0.15, -0.1) is 0 Å². The lowest BCUT2D eigenvalue weighted by Gasteiger charge is -2.22. The first-order valence-corrected chi connectivity index (χ1v) is 8.12. The Bertz CT molecular complexity index is 543. The van der Waals surface area contributed by atoms with Crippen molar-refractivity contribution in [2.45, 2.75) is 22.7 Å². The highest BCUT2D eigenvalue weighted by molar-refractivity contribution is 7.71. The highest BCUT2D eigenvalue weighted by Gasteiger charge is 2.25. The number of aliphatic hydroxyl groups is 1. The molecule has 0 saturated heterocycles. The van der Waals surface area contributed by atoms with E-state index in [4.69, 9.17) is 23.2 Å². The molecule has 118 valence electrons. The molecule has 21 heavy (non-hydrogen) atoms. The van der Waals surface area contributed by atoms with Gasteiger partial charge in [-0.1, -0.05) is 47.5 Å². The molecule has 0 aliphatic carbocycles. The van der Waals surface area contributed by atoms with Crippen molar-refractivity contribution in [1.82, 2.24) is 5.32 Å². The van der Waals surface area contributed by atoms with Gasteiger partial charge >= 0.3 is 0 Å². The van der Waals surface area contributed by atoms with E-state index in [1.807, 2.05) is 0 Å². The van der Waals surface area contributed by atoms with Crippen LogP contribution in [0.2, 0.25) is 0 Å². The van der Waals surface area contributed by atoms with E-state index < -0.39 is 40.3 Å². The summed E-state index contributed by atoms with van der Waals surface area (Å²) in [6.07, 6.45) is -1.30. The lowest BCUT2D eigenvalue weighted by atomic mass is 10.0. The molecule has 1 aromatic rings. The Balaban J connectivity index is 2.80. The number of carbonyl (C=O) groups excluding carboxylic acids is 1. The van der Waals surface area contributed by atoms with Crippen LogP contribution in [0, 0.1) is 0 Å². The molecule has 9 heteroatoms. The van der Waals surface area contributed by atoms with Crippen LogP contribution in [0.3, 0.4) is 0 Å². The maximum atomic E-state index is 12.9. The van der Waals surface area contributed by atoms with Crippen LogP contribution in [0.4, 0.5) is 4.39 Å². The van der Waals surface area contributed by atoms with Gasteiger partial charge in [-0.25, -0.2) is 12.8 Å². The molecule has 0 radical (unpaired) electrons. The molecule has 1 amide bonds. The molecular weight excluding hydrogens is 344 g/mol. The molecule has 0 aliphatic heterocycles. The number of hydrogen-bond donors (Lipinski definition) is 3. The van der Waals surface area contributed by atoms with Crippen molar-refractivity contribution in [2.24, 2.45) is 0 Å². The molecule has 5 nitrogen and oxygen atoms in total. The predicted molar refractivity (Wildman–Crippen MR) is 78.8 cm³/mol. The zero-order chi connectivity index (χ0) is 16.0. The molecule has 0 unspecified atom stereocenters. The summed E-state index contributed by atoms with van der Waals surface area (Å²) in [5.41, 5.74) is 0.882. The molecule has 0 aliphatic rings. The highest BCUT2D eigenvalue weighted by Crippen LogP contribution is 2.19. The summed E-state index contributed by atoms with van der Waals surface area (Å²) >= 11 is 10.7. The van der Waals surface area contributed by atoms with E-state index >= 15 is 0 Å². The minimum absolute atomic E-state index is 0.116. The first-order valence-electron chi connectivity index (χ1n) is 5.88. The molecule has 1 aromatic carbocycles. The van der Waals surface area contributed by atoms with E-state index in [2.05, 4.69) is 5.32 Å². The van der Waals surface area contributed by atoms with Crippen LogP contribution in [0.25, 0.3) is 0 Å². The molecule has 0 bridgehead atoms. The standard InChI is InChI=1S/C12H14Cl2FNO4S/c13-11(14)12(18)16-9(5-15)10(17)8-3-1-7(2-4-8)6-21(19)20/h1-4,9-11,17,21H,5-6H2,(H,16,18)/t9-,10-/m1/s1. The maximum absolute atomic E-state index is 12.9. The Morgan fingerprint density at radius 1 is 1.29 bits per heavy atom. The summed E-state index contributed by atoms with van der Waals surface area (Å²) in [4.78, 5) is 9.94. The number of benzene rings is 1. The summed E-state index contributed by atoms with van der Waals surface area (Å²) in [6.45, 7) is -1.01. The molecule has 0 fully saturated rings. The average Bonchev–Trinajstić information content (AvgIpc) is 2.43. The van der Waals surface area contributed by atoms with Gasteiger partial charge in [-0.2, -0.15) is 0 Å². The first kappa shape index (κ1) is 18.2. The fraction of sp³-hybridized carbons (Fsp3) is 0.417. The van der Waals surface area contributed by atoms with Crippen molar-refractivity contribution < 1.29 is 22.7 Å². The van der Waals surface area contributed by atoms with Crippen molar-refractivity contribution in [1.29, 1.82) is 0 Å². The van der Waals surface area contributed by atoms with E-state index in [9.17, 15) is 22.7 Å². The maximum Gasteiger partial charge on any atom is 0.253 e. The van der Waals surface area contributed by atoms with Gasteiger partial charge in [0, 0.05) is 0 Å². The fourth-order valence-electron chi connectivity index (χ4n) is 1.65. The third-order valence-corrected chi connectivity index (χ3v) is 3.73. The van der Waals surface area contributed by atoms with Crippen LogP contribution >= 0.6 is 23.2 Å². The number of aliphatic hydroxyl groups excluding tert-OH is 1. The number of amides is 1. The monoisotopic (exact) mass is 357 g/mol. The Morgan fingerprint density at radius 2 is 1.86 bits per heavy atom. The zero-order valence-corrected chi connectivity index (χ0v) is 13.1. The Labute approximate surface area is 133 Å². The summed E-state index contributed by atoms with van der Waals surface area (Å²) in [6, 6.07) is 4.75. The summed E-state index contributed by atoms with van der Waals surface area (Å²) in [5.74, 6) is -0.921. The largest absolute Gasteiger partial charge is 0.386 e. The second kappa shape index (κ2) is 8.53. The fourth-order valence-corrected chi connectivity index (χ4v) is 2.28. The van der Waals surface area contributed by atoms with Gasteiger partial charge in [0.25, 0.3) is 5.91 Å². The summed E-state index contributed by atoms with van der Waals surface area (Å²) in [7, 11) is -2.55. The van der Waals surface area contributed by atoms with Gasteiger partial charge < -0.3 is 10.4 Å². The van der Waals surface area contributed by atoms with Gasteiger partial charge in [0.05, 0.1) is 11.8 Å². The quantitative estimate of drug-likeness (QED) is 0.503. The molecule has 0 saturated carbocycles. The van der Waals surface area contributed by atoms with Crippen molar-refractivity contribution in [3.8, 4) is 0 Å². The van der Waals surface area contributed by atoms with Crippen molar-refractivity contribution in [3.05, 3.63) is 35.4 Å². The molecule has 2 atom stereocenters. The normalized spacial score (nSPS) is 14.2. The molecule has 0 heterocycles. The zero-order valence-electron chi connectivity index (χ0n) is 10.7. The Hall–Kier alpha value is -0.890. The van der Waals surface area contributed by atoms with E-state index in [0.29, 0.717) is 11.1 Å². The van der Waals surface area contributed by atoms with E-state index in [1.165, 1.54) is 24.3 Å². The van der Waals surface area contributed by atoms with Crippen LogP contribution in [0.5, 0.6) is 0 Å². The van der Waals surface area contributed by atoms with Gasteiger partial charge in [0.2, 0.25) is 0 Å². The van der Waals surface area contributed by atoms with E-state index in [-0.39, 0.29) is 5.75 Å². The Morgan fingerprint density at radius 3 is 2.29 bits per heavy atom. The van der Waals surface area contributed by atoms with Crippen LogP contribution < -0.4 is 5.32 Å². The summed E-state index contributed by atoms with van der Waals surface area (Å²) < 4.78 is 34.1. The number of rotatable bonds is 7. The molecule has 1 rings (SSSR count). The predicted octanol–water partition coefficient (Wildman–Crippen LogP) is 1.09. The smallest absolute Gasteiger partial charge is 0.253 e. The van der Waals surface area contributed by atoms with Gasteiger partial charge in [0.15, 0.2) is 4.84 Å². The van der Waals surface area contributed by atoms with Crippen LogP contribution in [0.15, 0.2) is 24.3 Å². The van der Waals surface area contributed by atoms with E-state index in [1.54, 1.807) is 0 Å². The average molecular weight is 358 g/mol. The third kappa shape index (κ3) is 5.78. The first-order chi connectivity index (χ1) is 9.85. The number of hydrogen-bond acceptors (Lipinski definition) is 4. The minimum atomic E-state index is -2.55. The van der Waals surface area contributed by atoms with Crippen molar-refractivity contribution >= 4 is 39.8 Å². The van der Waals surface area contributed by atoms with Crippen molar-refractivity contribution in [2.75, 3.05) is 6.67 Å². The van der Waals surface area contributed by atoms with Crippen LogP contribution in [-0.2, 0) is 21.3 Å². The number of halogens is 3. The second-order valence-corrected chi connectivity index (χ2v) is 6.33. The van der Waals surface area contributed by atoms with E-state index in [0.717, 1.165) is 0 Å². The number of carbonyl (C=O) groups is 1. The minimum Gasteiger partial charge on any atom is -0.386 e. The van der Waals surface area contributed by atoms with Crippen LogP contribution in [-0.4, -0.2) is 37.0 Å². The molecule has 2 N–H and O–H groups in total. The van der Waals surface area contributed by atoms with Crippen LogP contribution in [0.1, 0.15) is 17.2 Å². The highest BCUT2D eigenvalue weighted by atomic mass is 35.5. The lowest BCUT2D eigenvalue weighted by molar-refractivity contribution is -0.121. The second-order valence-electron chi connectivity index (χ2n) is 4.25. The van der Waals surface area contributed by atoms with Gasteiger partial charge in [-0.3, -0.25) is 4.79 Å². The molecular formula is C12H14Cl2FNO4S. The SMILES string of the molecule is O=C(N[C@H](CF)[C@H](O)c1ccc(C[SH](=O)=O)cc1)C(Cl)Cl. The lowest BCUT2D eigenvalue weighted by Crippen LogP contribution is -2.43. The summed E-state index contributed by atoms with van der Waals surface area (Å²) in [5, 5.41) is 12.2. The topological polar surface area (TPSA) is 83.5 Å². The third-order valence-electron chi connectivity index (χ3n) is 2.71. The van der Waals surface area contributed by atoms with Gasteiger partial charge in [0.1, 0.15) is 23.5 Å². The molecule has 0 spiro atoms. The molecule has 0 aromatic heterocycles. The van der Waals surface area contributed by atoms with Gasteiger partial charge in [-0.05, 0) is 11.1 Å². The number of nitrogens with one attached hydrogen (secondary N) is 1. The number of alkyl halides is 3. The number of thiol groups is 1.